The maximum Gasteiger partial charge on any atom is 0.0287 e. The molecule has 1 saturated carbocycles. The van der Waals surface area contributed by atoms with Crippen LogP contribution in [0.5, 0.6) is 0 Å². The fourth-order valence-electron chi connectivity index (χ4n) is 2.94. The van der Waals surface area contributed by atoms with Crippen LogP contribution >= 0.6 is 0 Å². The summed E-state index contributed by atoms with van der Waals surface area (Å²) in [5, 5.41) is 0. The Balaban J connectivity index is 2.60. The quantitative estimate of drug-likeness (QED) is 0.739. The third-order valence-corrected chi connectivity index (χ3v) is 4.33. The molecule has 1 aliphatic rings. The first kappa shape index (κ1) is 14.6. The van der Waals surface area contributed by atoms with Gasteiger partial charge in [0.05, 0.1) is 0 Å². The van der Waals surface area contributed by atoms with E-state index in [0.717, 1.165) is 18.6 Å². The summed E-state index contributed by atoms with van der Waals surface area (Å²) in [7, 11) is 4.42. The topological polar surface area (TPSA) is 6.48 Å². The van der Waals surface area contributed by atoms with Gasteiger partial charge in [0.25, 0.3) is 0 Å². The van der Waals surface area contributed by atoms with Gasteiger partial charge in [0.15, 0.2) is 0 Å². The van der Waals surface area contributed by atoms with E-state index < -0.39 is 0 Å². The summed E-state index contributed by atoms with van der Waals surface area (Å²) >= 11 is 0. The summed E-state index contributed by atoms with van der Waals surface area (Å²) < 4.78 is 0. The molecule has 0 aromatic carbocycles. The number of nitrogens with zero attached hydrogens (tertiary/aromatic N) is 2. The zero-order chi connectivity index (χ0) is 13.0. The highest BCUT2D eigenvalue weighted by molar-refractivity contribution is 5.07. The van der Waals surface area contributed by atoms with Crippen LogP contribution in [0.15, 0.2) is 11.3 Å². The summed E-state index contributed by atoms with van der Waals surface area (Å²) in [6.07, 6.45) is 5.40. The monoisotopic (exact) mass is 238 g/mol. The van der Waals surface area contributed by atoms with Crippen LogP contribution in [0.25, 0.3) is 0 Å². The summed E-state index contributed by atoms with van der Waals surface area (Å²) in [5.41, 5.74) is 2.95. The van der Waals surface area contributed by atoms with Crippen LogP contribution in [0.4, 0.5) is 0 Å². The van der Waals surface area contributed by atoms with Gasteiger partial charge in [-0.3, -0.25) is 0 Å². The van der Waals surface area contributed by atoms with Gasteiger partial charge in [-0.1, -0.05) is 5.57 Å². The molecule has 0 heterocycles. The summed E-state index contributed by atoms with van der Waals surface area (Å²) in [4.78, 5) is 5.00. The second-order valence-corrected chi connectivity index (χ2v) is 5.80. The van der Waals surface area contributed by atoms with Gasteiger partial charge in [0.2, 0.25) is 0 Å². The van der Waals surface area contributed by atoms with Crippen molar-refractivity contribution >= 4 is 0 Å². The predicted molar refractivity (Wildman–Crippen MR) is 76.2 cm³/mol. The third-order valence-electron chi connectivity index (χ3n) is 4.33. The van der Waals surface area contributed by atoms with Gasteiger partial charge < -0.3 is 9.80 Å². The van der Waals surface area contributed by atoms with Crippen LogP contribution in [0.3, 0.4) is 0 Å². The van der Waals surface area contributed by atoms with Crippen LogP contribution in [0, 0.1) is 0 Å². The summed E-state index contributed by atoms with van der Waals surface area (Å²) in [5.74, 6) is 0. The Morgan fingerprint density at radius 1 is 0.941 bits per heavy atom. The zero-order valence-electron chi connectivity index (χ0n) is 12.6. The maximum atomic E-state index is 2.61. The lowest BCUT2D eigenvalue weighted by Gasteiger charge is -2.40. The minimum absolute atomic E-state index is 0.770. The fourth-order valence-corrected chi connectivity index (χ4v) is 2.94. The second-order valence-electron chi connectivity index (χ2n) is 5.80. The Hall–Kier alpha value is -0.500. The van der Waals surface area contributed by atoms with Crippen molar-refractivity contribution in [2.24, 2.45) is 0 Å². The lowest BCUT2D eigenvalue weighted by molar-refractivity contribution is 0.146. The van der Waals surface area contributed by atoms with Crippen molar-refractivity contribution in [3.05, 3.63) is 11.3 Å². The second kappa shape index (κ2) is 6.44. The van der Waals surface area contributed by atoms with Gasteiger partial charge in [-0.2, -0.15) is 0 Å². The Kier molecular flexibility index (Phi) is 5.51. The number of hydrogen-bond acceptors (Lipinski definition) is 2. The van der Waals surface area contributed by atoms with E-state index in [1.807, 2.05) is 0 Å². The van der Waals surface area contributed by atoms with Crippen molar-refractivity contribution in [2.75, 3.05) is 20.6 Å². The van der Waals surface area contributed by atoms with Gasteiger partial charge in [-0.15, -0.1) is 0 Å². The average Bonchev–Trinajstić information content (AvgIpc) is 2.30. The molecular weight excluding hydrogens is 208 g/mol. The number of hydrogen-bond donors (Lipinski definition) is 0. The molecule has 100 valence electrons. The molecule has 0 unspecified atom stereocenters. The van der Waals surface area contributed by atoms with Gasteiger partial charge in [0, 0.05) is 24.3 Å². The molecule has 0 aliphatic heterocycles. The van der Waals surface area contributed by atoms with Gasteiger partial charge in [-0.05, 0) is 67.5 Å². The van der Waals surface area contributed by atoms with Crippen molar-refractivity contribution < 1.29 is 0 Å². The maximum absolute atomic E-state index is 2.61. The first-order chi connectivity index (χ1) is 7.97. The first-order valence-corrected chi connectivity index (χ1v) is 7.04. The van der Waals surface area contributed by atoms with E-state index in [1.54, 1.807) is 0 Å². The smallest absolute Gasteiger partial charge is 0.0287 e. The van der Waals surface area contributed by atoms with Crippen LogP contribution in [0.1, 0.15) is 53.4 Å². The Morgan fingerprint density at radius 2 is 1.41 bits per heavy atom. The molecule has 0 aromatic rings. The molecule has 0 aromatic heterocycles. The molecule has 0 radical (unpaired) electrons. The predicted octanol–water partition coefficient (Wildman–Crippen LogP) is 3.49. The molecule has 2 heteroatoms. The molecule has 0 bridgehead atoms. The van der Waals surface area contributed by atoms with Gasteiger partial charge >= 0.3 is 0 Å². The minimum atomic E-state index is 0.770. The van der Waals surface area contributed by atoms with Crippen molar-refractivity contribution in [3.8, 4) is 0 Å². The van der Waals surface area contributed by atoms with Crippen LogP contribution in [0.2, 0.25) is 0 Å². The van der Waals surface area contributed by atoms with Crippen LogP contribution in [-0.4, -0.2) is 42.5 Å². The summed E-state index contributed by atoms with van der Waals surface area (Å²) in [6, 6.07) is 1.57. The molecule has 0 atom stereocenters. The van der Waals surface area contributed by atoms with E-state index in [9.17, 15) is 0 Å². The largest absolute Gasteiger partial charge is 0.372 e. The van der Waals surface area contributed by atoms with E-state index in [-0.39, 0.29) is 0 Å². The van der Waals surface area contributed by atoms with Crippen LogP contribution in [-0.2, 0) is 0 Å². The third kappa shape index (κ3) is 3.74. The van der Waals surface area contributed by atoms with Gasteiger partial charge in [-0.25, -0.2) is 0 Å². The van der Waals surface area contributed by atoms with Crippen molar-refractivity contribution in [3.63, 3.8) is 0 Å². The lowest BCUT2D eigenvalue weighted by atomic mass is 9.89. The molecule has 0 N–H and O–H groups in total. The highest BCUT2D eigenvalue weighted by atomic mass is 15.2. The fraction of sp³-hybridized carbons (Fsp3) is 0.867. The molecule has 1 rings (SSSR count). The van der Waals surface area contributed by atoms with E-state index in [2.05, 4.69) is 51.6 Å². The molecule has 0 saturated heterocycles. The first-order valence-electron chi connectivity index (χ1n) is 7.04. The molecule has 0 spiro atoms. The van der Waals surface area contributed by atoms with E-state index >= 15 is 0 Å². The standard InChI is InChI=1S/C15H30N2/c1-7-17(13(4)12(2)3)15-10-8-14(9-11-15)16(5)6/h14-15H,7-11H2,1-6H3. The van der Waals surface area contributed by atoms with Gasteiger partial charge in [0.1, 0.15) is 0 Å². The molecule has 17 heavy (non-hydrogen) atoms. The Labute approximate surface area is 108 Å². The van der Waals surface area contributed by atoms with Crippen molar-refractivity contribution in [2.45, 2.75) is 65.5 Å². The number of rotatable bonds is 4. The molecule has 2 nitrogen and oxygen atoms in total. The Morgan fingerprint density at radius 3 is 1.76 bits per heavy atom. The highest BCUT2D eigenvalue weighted by Gasteiger charge is 2.26. The highest BCUT2D eigenvalue weighted by Crippen LogP contribution is 2.28. The average molecular weight is 238 g/mol. The molecule has 0 amide bonds. The van der Waals surface area contributed by atoms with Crippen molar-refractivity contribution in [1.29, 1.82) is 0 Å². The summed E-state index contributed by atoms with van der Waals surface area (Å²) in [6.45, 7) is 10.2. The van der Waals surface area contributed by atoms with Crippen molar-refractivity contribution in [1.82, 2.24) is 9.80 Å². The molecular formula is C15H30N2. The minimum Gasteiger partial charge on any atom is -0.372 e. The molecule has 1 fully saturated rings. The zero-order valence-corrected chi connectivity index (χ0v) is 12.6. The lowest BCUT2D eigenvalue weighted by Crippen LogP contribution is -2.41. The normalized spacial score (nSPS) is 24.9. The molecule has 1 aliphatic carbocycles. The Bertz CT molecular complexity index is 256. The van der Waals surface area contributed by atoms with E-state index in [4.69, 9.17) is 0 Å². The number of allylic oxidation sites excluding steroid dienone is 2. The van der Waals surface area contributed by atoms with Crippen LogP contribution < -0.4 is 0 Å². The van der Waals surface area contributed by atoms with E-state index in [1.165, 1.54) is 37.0 Å². The SMILES string of the molecule is CCN(C(C)=C(C)C)C1CCC(N(C)C)CC1. The van der Waals surface area contributed by atoms with E-state index in [0.29, 0.717) is 0 Å².